The lowest BCUT2D eigenvalue weighted by Gasteiger charge is -2.37. The highest BCUT2D eigenvalue weighted by atomic mass is 16.2. The van der Waals surface area contributed by atoms with Gasteiger partial charge < -0.3 is 16.0 Å². The number of nitrogens with zero attached hydrogens (tertiary/aromatic N) is 1. The van der Waals surface area contributed by atoms with Crippen molar-refractivity contribution in [1.82, 2.24) is 20.9 Å². The lowest BCUT2D eigenvalue weighted by Crippen LogP contribution is -2.47. The average molecular weight is 336 g/mol. The number of fused-ring (bicyclic) bond motifs is 1. The average Bonchev–Trinajstić information content (AvgIpc) is 2.52. The molecule has 2 rings (SSSR count). The number of urea groups is 2. The predicted molar refractivity (Wildman–Crippen MR) is 95.7 cm³/mol. The minimum atomic E-state index is -0.239. The number of piperidine rings is 1. The Kier molecular flexibility index (Phi) is 6.52. The Balaban J connectivity index is 1.66. The standard InChI is InChI=1S/C18H32N4O2/c1-18(2,3)21-16(23)19-11-7-12-20-17(24)22-13-6-9-14-8-4-5-10-15(14)22/h10,14H,4-9,11-13H2,1-3H3,(H,20,24)(H2,19,21,23). The molecule has 3 N–H and O–H groups in total. The van der Waals surface area contributed by atoms with Gasteiger partial charge in [-0.05, 0) is 65.2 Å². The summed E-state index contributed by atoms with van der Waals surface area (Å²) < 4.78 is 0. The molecule has 4 amide bonds. The van der Waals surface area contributed by atoms with Crippen LogP contribution in [-0.2, 0) is 0 Å². The number of allylic oxidation sites excluding steroid dienone is 2. The normalized spacial score (nSPS) is 20.7. The van der Waals surface area contributed by atoms with Crippen molar-refractivity contribution in [2.75, 3.05) is 19.6 Å². The van der Waals surface area contributed by atoms with Crippen LogP contribution in [-0.4, -0.2) is 42.1 Å². The number of carbonyl (C=O) groups is 2. The van der Waals surface area contributed by atoms with Gasteiger partial charge in [-0.2, -0.15) is 0 Å². The van der Waals surface area contributed by atoms with Crippen molar-refractivity contribution in [3.8, 4) is 0 Å². The molecule has 0 saturated carbocycles. The molecule has 24 heavy (non-hydrogen) atoms. The fourth-order valence-electron chi connectivity index (χ4n) is 3.36. The first-order chi connectivity index (χ1) is 11.4. The van der Waals surface area contributed by atoms with Crippen LogP contribution in [0.15, 0.2) is 11.8 Å². The van der Waals surface area contributed by atoms with Crippen LogP contribution in [0.1, 0.15) is 59.3 Å². The van der Waals surface area contributed by atoms with Gasteiger partial charge in [-0.1, -0.05) is 6.08 Å². The molecule has 0 aromatic rings. The summed E-state index contributed by atoms with van der Waals surface area (Å²) in [5.74, 6) is 0.570. The highest BCUT2D eigenvalue weighted by Crippen LogP contribution is 2.34. The quantitative estimate of drug-likeness (QED) is 0.691. The summed E-state index contributed by atoms with van der Waals surface area (Å²) in [5.41, 5.74) is 0.990. The molecule has 6 nitrogen and oxygen atoms in total. The van der Waals surface area contributed by atoms with E-state index in [1.807, 2.05) is 25.7 Å². The molecule has 2 aliphatic rings. The van der Waals surface area contributed by atoms with Crippen molar-refractivity contribution in [3.63, 3.8) is 0 Å². The number of hydrogen-bond donors (Lipinski definition) is 3. The highest BCUT2D eigenvalue weighted by molar-refractivity contribution is 5.76. The number of carbonyl (C=O) groups excluding carboxylic acids is 2. The van der Waals surface area contributed by atoms with Gasteiger partial charge in [0, 0.05) is 30.9 Å². The predicted octanol–water partition coefficient (Wildman–Crippen LogP) is 2.96. The summed E-state index contributed by atoms with van der Waals surface area (Å²) in [6, 6.07) is -0.160. The number of nitrogens with one attached hydrogen (secondary N) is 3. The fourth-order valence-corrected chi connectivity index (χ4v) is 3.36. The van der Waals surface area contributed by atoms with Gasteiger partial charge in [-0.25, -0.2) is 9.59 Å². The smallest absolute Gasteiger partial charge is 0.321 e. The van der Waals surface area contributed by atoms with Crippen molar-refractivity contribution >= 4 is 12.1 Å². The summed E-state index contributed by atoms with van der Waals surface area (Å²) in [5, 5.41) is 8.64. The van der Waals surface area contributed by atoms with Crippen LogP contribution < -0.4 is 16.0 Å². The topological polar surface area (TPSA) is 73.5 Å². The first-order valence-electron chi connectivity index (χ1n) is 9.18. The van der Waals surface area contributed by atoms with Crippen LogP contribution in [0.3, 0.4) is 0 Å². The molecular formula is C18H32N4O2. The monoisotopic (exact) mass is 336 g/mol. The summed E-state index contributed by atoms with van der Waals surface area (Å²) in [6.45, 7) is 7.77. The largest absolute Gasteiger partial charge is 0.338 e. The minimum Gasteiger partial charge on any atom is -0.338 e. The van der Waals surface area contributed by atoms with E-state index < -0.39 is 0 Å². The third kappa shape index (κ3) is 5.73. The third-order valence-corrected chi connectivity index (χ3v) is 4.42. The van der Waals surface area contributed by atoms with Crippen LogP contribution in [0.2, 0.25) is 0 Å². The second-order valence-electron chi connectivity index (χ2n) is 7.77. The van der Waals surface area contributed by atoms with Crippen LogP contribution in [0.4, 0.5) is 9.59 Å². The van der Waals surface area contributed by atoms with Gasteiger partial charge in [0.2, 0.25) is 0 Å². The van der Waals surface area contributed by atoms with Crippen molar-refractivity contribution in [1.29, 1.82) is 0 Å². The van der Waals surface area contributed by atoms with Gasteiger partial charge in [-0.15, -0.1) is 0 Å². The Morgan fingerprint density at radius 3 is 2.62 bits per heavy atom. The van der Waals surface area contributed by atoms with E-state index in [1.165, 1.54) is 25.0 Å². The van der Waals surface area contributed by atoms with E-state index in [-0.39, 0.29) is 17.6 Å². The summed E-state index contributed by atoms with van der Waals surface area (Å²) in [7, 11) is 0. The molecule has 1 aliphatic heterocycles. The van der Waals surface area contributed by atoms with Crippen LogP contribution in [0.25, 0.3) is 0 Å². The molecule has 1 aliphatic carbocycles. The van der Waals surface area contributed by atoms with E-state index in [1.54, 1.807) is 0 Å². The van der Waals surface area contributed by atoms with Crippen LogP contribution in [0.5, 0.6) is 0 Å². The molecule has 1 fully saturated rings. The maximum Gasteiger partial charge on any atom is 0.321 e. The Morgan fingerprint density at radius 1 is 1.17 bits per heavy atom. The van der Waals surface area contributed by atoms with Gasteiger partial charge in [0.25, 0.3) is 0 Å². The van der Waals surface area contributed by atoms with Crippen molar-refractivity contribution in [2.24, 2.45) is 5.92 Å². The number of likely N-dealkylation sites (tertiary alicyclic amines) is 1. The van der Waals surface area contributed by atoms with E-state index >= 15 is 0 Å². The Bertz CT molecular complexity index is 482. The molecule has 1 atom stereocenters. The van der Waals surface area contributed by atoms with Crippen molar-refractivity contribution < 1.29 is 9.59 Å². The van der Waals surface area contributed by atoms with Crippen LogP contribution >= 0.6 is 0 Å². The molecule has 6 heteroatoms. The van der Waals surface area contributed by atoms with Crippen LogP contribution in [0, 0.1) is 5.92 Å². The van der Waals surface area contributed by atoms with Gasteiger partial charge in [0.05, 0.1) is 0 Å². The Hall–Kier alpha value is -1.72. The van der Waals surface area contributed by atoms with Gasteiger partial charge in [0.15, 0.2) is 0 Å². The Labute approximate surface area is 145 Å². The zero-order valence-corrected chi connectivity index (χ0v) is 15.3. The molecule has 0 bridgehead atoms. The van der Waals surface area contributed by atoms with E-state index in [2.05, 4.69) is 22.0 Å². The van der Waals surface area contributed by atoms with Gasteiger partial charge in [-0.3, -0.25) is 4.90 Å². The zero-order chi connectivity index (χ0) is 17.6. The van der Waals surface area contributed by atoms with Gasteiger partial charge >= 0.3 is 12.1 Å². The van der Waals surface area contributed by atoms with E-state index in [0.29, 0.717) is 19.0 Å². The molecule has 1 unspecified atom stereocenters. The second kappa shape index (κ2) is 8.40. The summed E-state index contributed by atoms with van der Waals surface area (Å²) >= 11 is 0. The Morgan fingerprint density at radius 2 is 1.88 bits per heavy atom. The first-order valence-corrected chi connectivity index (χ1v) is 9.18. The van der Waals surface area contributed by atoms with Crippen molar-refractivity contribution in [3.05, 3.63) is 11.8 Å². The molecule has 0 aromatic carbocycles. The van der Waals surface area contributed by atoms with E-state index in [0.717, 1.165) is 25.8 Å². The fraction of sp³-hybridized carbons (Fsp3) is 0.778. The first kappa shape index (κ1) is 18.6. The van der Waals surface area contributed by atoms with Crippen molar-refractivity contribution in [2.45, 2.75) is 64.8 Å². The molecule has 1 saturated heterocycles. The number of amides is 4. The molecule has 0 spiro atoms. The third-order valence-electron chi connectivity index (χ3n) is 4.42. The number of hydrogen-bond acceptors (Lipinski definition) is 2. The lowest BCUT2D eigenvalue weighted by molar-refractivity contribution is 0.187. The van der Waals surface area contributed by atoms with Gasteiger partial charge in [0.1, 0.15) is 0 Å². The second-order valence-corrected chi connectivity index (χ2v) is 7.77. The molecule has 1 heterocycles. The summed E-state index contributed by atoms with van der Waals surface area (Å²) in [6.07, 6.45) is 8.80. The highest BCUT2D eigenvalue weighted by Gasteiger charge is 2.29. The number of rotatable bonds is 4. The lowest BCUT2D eigenvalue weighted by atomic mass is 9.85. The van der Waals surface area contributed by atoms with E-state index in [9.17, 15) is 9.59 Å². The SMILES string of the molecule is CC(C)(C)NC(=O)NCCCNC(=O)N1CCCC2CCCC=C21. The molecule has 0 aromatic heterocycles. The minimum absolute atomic E-state index is 0.00648. The molecule has 136 valence electrons. The maximum atomic E-state index is 12.4. The molecular weight excluding hydrogens is 304 g/mol. The molecule has 0 radical (unpaired) electrons. The zero-order valence-electron chi connectivity index (χ0n) is 15.3. The maximum absolute atomic E-state index is 12.4. The van der Waals surface area contributed by atoms with E-state index in [4.69, 9.17) is 0 Å². The summed E-state index contributed by atoms with van der Waals surface area (Å²) in [4.78, 5) is 26.0.